The van der Waals surface area contributed by atoms with Gasteiger partial charge in [0, 0.05) is 23.1 Å². The minimum Gasteiger partial charge on any atom is -0.477 e. The number of hydrogen-bond donors (Lipinski definition) is 2. The van der Waals surface area contributed by atoms with Crippen molar-refractivity contribution in [1.82, 2.24) is 15.2 Å². The third-order valence-corrected chi connectivity index (χ3v) is 5.90. The van der Waals surface area contributed by atoms with E-state index in [2.05, 4.69) is 10.3 Å². The van der Waals surface area contributed by atoms with E-state index in [1.54, 1.807) is 17.8 Å². The summed E-state index contributed by atoms with van der Waals surface area (Å²) >= 11 is 2.71. The van der Waals surface area contributed by atoms with Crippen LogP contribution < -0.4 is 5.32 Å². The first kappa shape index (κ1) is 16.6. The number of aliphatic carboxylic acids is 1. The third-order valence-electron chi connectivity index (χ3n) is 3.54. The number of carboxylic acid groups (broad SMARTS) is 1. The van der Waals surface area contributed by atoms with E-state index in [-0.39, 0.29) is 11.1 Å². The minimum atomic E-state index is -1.14. The normalized spacial score (nSPS) is 23.0. The quantitative estimate of drug-likeness (QED) is 0.577. The molecule has 7 nitrogen and oxygen atoms in total. The van der Waals surface area contributed by atoms with Crippen LogP contribution in [-0.2, 0) is 14.4 Å². The lowest BCUT2D eigenvalue weighted by Crippen LogP contribution is -2.69. The van der Waals surface area contributed by atoms with Gasteiger partial charge in [-0.05, 0) is 23.1 Å². The first-order chi connectivity index (χ1) is 11.6. The lowest BCUT2D eigenvalue weighted by molar-refractivity contribution is -0.149. The van der Waals surface area contributed by atoms with E-state index in [9.17, 15) is 19.5 Å². The fourth-order valence-electron chi connectivity index (χ4n) is 2.44. The Morgan fingerprint density at radius 1 is 1.54 bits per heavy atom. The smallest absolute Gasteiger partial charge is 0.353 e. The zero-order chi connectivity index (χ0) is 17.1. The number of carbonyl (C=O) groups excluding carboxylic acids is 2. The summed E-state index contributed by atoms with van der Waals surface area (Å²) in [6, 6.07) is 3.04. The average molecular weight is 363 g/mol. The second kappa shape index (κ2) is 7.10. The van der Waals surface area contributed by atoms with Gasteiger partial charge in [-0.3, -0.25) is 19.5 Å². The van der Waals surface area contributed by atoms with Crippen LogP contribution in [0.1, 0.15) is 5.56 Å². The topological polar surface area (TPSA) is 99.6 Å². The van der Waals surface area contributed by atoms with E-state index in [0.717, 1.165) is 5.56 Å². The van der Waals surface area contributed by atoms with Crippen molar-refractivity contribution in [1.29, 1.82) is 0 Å². The van der Waals surface area contributed by atoms with Crippen LogP contribution in [0.4, 0.5) is 0 Å². The molecule has 2 aliphatic heterocycles. The summed E-state index contributed by atoms with van der Waals surface area (Å²) in [7, 11) is 0. The Bertz CT molecular complexity index is 735. The molecule has 0 aliphatic carbocycles. The van der Waals surface area contributed by atoms with Gasteiger partial charge in [0.05, 0.1) is 0 Å². The fourth-order valence-corrected chi connectivity index (χ4v) is 4.81. The van der Waals surface area contributed by atoms with E-state index in [1.807, 2.05) is 18.2 Å². The molecule has 0 aromatic carbocycles. The first-order valence-electron chi connectivity index (χ1n) is 6.97. The second-order valence-corrected chi connectivity index (χ2v) is 7.06. The average Bonchev–Trinajstić information content (AvgIpc) is 2.59. The lowest BCUT2D eigenvalue weighted by atomic mass is 10.1. The Morgan fingerprint density at radius 3 is 3.04 bits per heavy atom. The van der Waals surface area contributed by atoms with Crippen LogP contribution in [0, 0.1) is 0 Å². The molecule has 0 radical (unpaired) electrons. The molecule has 9 heteroatoms. The van der Waals surface area contributed by atoms with Crippen LogP contribution >= 0.6 is 23.5 Å². The monoisotopic (exact) mass is 363 g/mol. The molecule has 1 unspecified atom stereocenters. The molecule has 1 aromatic heterocycles. The highest BCUT2D eigenvalue weighted by molar-refractivity contribution is 8.08. The molecule has 2 amide bonds. The number of aromatic nitrogens is 1. The van der Waals surface area contributed by atoms with E-state index in [1.165, 1.54) is 28.4 Å². The number of rotatable bonds is 6. The number of thioether (sulfide) groups is 2. The summed E-state index contributed by atoms with van der Waals surface area (Å²) in [5.41, 5.74) is 0.896. The van der Waals surface area contributed by atoms with Crippen LogP contribution in [0.15, 0.2) is 40.5 Å². The van der Waals surface area contributed by atoms with E-state index >= 15 is 0 Å². The molecule has 3 rings (SSSR count). The Labute approximate surface area is 146 Å². The van der Waals surface area contributed by atoms with Crippen LogP contribution in [-0.4, -0.2) is 50.4 Å². The molecular weight excluding hydrogens is 350 g/mol. The van der Waals surface area contributed by atoms with Crippen molar-refractivity contribution < 1.29 is 19.5 Å². The molecule has 124 valence electrons. The van der Waals surface area contributed by atoms with Gasteiger partial charge in [0.15, 0.2) is 0 Å². The van der Waals surface area contributed by atoms with Crippen molar-refractivity contribution in [2.75, 3.05) is 5.75 Å². The van der Waals surface area contributed by atoms with Gasteiger partial charge < -0.3 is 10.4 Å². The van der Waals surface area contributed by atoms with Crippen molar-refractivity contribution >= 4 is 47.9 Å². The van der Waals surface area contributed by atoms with Gasteiger partial charge in [-0.25, -0.2) is 4.79 Å². The number of nitrogens with one attached hydrogen (secondary N) is 1. The molecule has 1 aromatic rings. The molecule has 0 spiro atoms. The van der Waals surface area contributed by atoms with Crippen LogP contribution in [0.25, 0.3) is 6.08 Å². The van der Waals surface area contributed by atoms with Crippen LogP contribution in [0.3, 0.4) is 0 Å². The molecule has 2 atom stereocenters. The van der Waals surface area contributed by atoms with Gasteiger partial charge >= 0.3 is 5.97 Å². The maximum absolute atomic E-state index is 12.1. The van der Waals surface area contributed by atoms with Gasteiger partial charge in [-0.1, -0.05) is 17.8 Å². The summed E-state index contributed by atoms with van der Waals surface area (Å²) in [6.45, 7) is 0. The van der Waals surface area contributed by atoms with Crippen molar-refractivity contribution in [3.8, 4) is 0 Å². The van der Waals surface area contributed by atoms with E-state index in [0.29, 0.717) is 17.1 Å². The SMILES string of the molecule is O=CNC1C(=O)N2C(C(=O)O)=C(S/C=C\c3cccnc3)CS[C@H]12. The van der Waals surface area contributed by atoms with Crippen molar-refractivity contribution in [3.63, 3.8) is 0 Å². The standard InChI is InChI=1S/C15H13N3O4S2/c19-8-17-11-13(20)18-12(15(21)22)10(7-24-14(11)18)23-5-3-9-2-1-4-16-6-9/h1-6,8,11,14H,7H2,(H,17,19)(H,21,22)/b5-3-/t11?,14-/m1/s1. The third kappa shape index (κ3) is 3.04. The van der Waals surface area contributed by atoms with Crippen molar-refractivity contribution in [2.24, 2.45) is 0 Å². The maximum Gasteiger partial charge on any atom is 0.353 e. The van der Waals surface area contributed by atoms with E-state index in [4.69, 9.17) is 0 Å². The zero-order valence-electron chi connectivity index (χ0n) is 12.3. The predicted octanol–water partition coefficient (Wildman–Crippen LogP) is 1.11. The Kier molecular flexibility index (Phi) is 4.91. The molecule has 0 bridgehead atoms. The number of carboxylic acids is 1. The van der Waals surface area contributed by atoms with Gasteiger partial charge in [-0.15, -0.1) is 11.8 Å². The van der Waals surface area contributed by atoms with Gasteiger partial charge in [0.1, 0.15) is 17.1 Å². The molecule has 2 N–H and O–H groups in total. The molecule has 1 saturated heterocycles. The van der Waals surface area contributed by atoms with Gasteiger partial charge in [0.2, 0.25) is 6.41 Å². The summed E-state index contributed by atoms with van der Waals surface area (Å²) in [6.07, 6.45) is 5.66. The number of nitrogens with zero attached hydrogens (tertiary/aromatic N) is 2. The molecule has 2 aliphatic rings. The number of amides is 2. The van der Waals surface area contributed by atoms with Crippen molar-refractivity contribution in [2.45, 2.75) is 11.4 Å². The van der Waals surface area contributed by atoms with Crippen LogP contribution in [0.5, 0.6) is 0 Å². The Balaban J connectivity index is 1.78. The lowest BCUT2D eigenvalue weighted by Gasteiger charge is -2.48. The number of β-lactam (4-membered cyclic amide) rings is 1. The zero-order valence-corrected chi connectivity index (χ0v) is 13.9. The number of carbonyl (C=O) groups is 3. The molecule has 1 fully saturated rings. The number of pyridine rings is 1. The molecule has 3 heterocycles. The number of fused-ring (bicyclic) bond motifs is 1. The summed E-state index contributed by atoms with van der Waals surface area (Å²) in [5.74, 6) is -1.07. The highest BCUT2D eigenvalue weighted by Crippen LogP contribution is 2.43. The van der Waals surface area contributed by atoms with Gasteiger partial charge in [0.25, 0.3) is 5.91 Å². The maximum atomic E-state index is 12.1. The fraction of sp³-hybridized carbons (Fsp3) is 0.200. The largest absolute Gasteiger partial charge is 0.477 e. The summed E-state index contributed by atoms with van der Waals surface area (Å²) in [4.78, 5) is 40.1. The molecule has 0 saturated carbocycles. The summed E-state index contributed by atoms with van der Waals surface area (Å²) in [5, 5.41) is 13.3. The number of hydrogen-bond acceptors (Lipinski definition) is 6. The molecule has 24 heavy (non-hydrogen) atoms. The highest BCUT2D eigenvalue weighted by Gasteiger charge is 2.53. The van der Waals surface area contributed by atoms with E-state index < -0.39 is 17.9 Å². The Morgan fingerprint density at radius 2 is 2.38 bits per heavy atom. The van der Waals surface area contributed by atoms with Crippen molar-refractivity contribution in [3.05, 3.63) is 46.1 Å². The summed E-state index contributed by atoms with van der Waals surface area (Å²) < 4.78 is 0. The first-order valence-corrected chi connectivity index (χ1v) is 8.90. The highest BCUT2D eigenvalue weighted by atomic mass is 32.2. The van der Waals surface area contributed by atoms with Crippen LogP contribution in [0.2, 0.25) is 0 Å². The minimum absolute atomic E-state index is 0.00599. The second-order valence-electron chi connectivity index (χ2n) is 4.96. The Hall–Kier alpha value is -2.26. The molecular formula is C15H13N3O4S2. The predicted molar refractivity (Wildman–Crippen MR) is 91.6 cm³/mol. The van der Waals surface area contributed by atoms with Gasteiger partial charge in [-0.2, -0.15) is 0 Å².